The van der Waals surface area contributed by atoms with Gasteiger partial charge in [0.05, 0.1) is 32.2 Å². The molecule has 1 rings (SSSR count). The molecule has 0 radical (unpaired) electrons. The first kappa shape index (κ1) is 13.3. The Balaban J connectivity index is 2.84. The van der Waals surface area contributed by atoms with Gasteiger partial charge in [-0.2, -0.15) is 0 Å². The molecular formula is C9H13N3O5. The maximum absolute atomic E-state index is 10.5. The summed E-state index contributed by atoms with van der Waals surface area (Å²) in [4.78, 5) is 17.9. The Kier molecular flexibility index (Phi) is 4.32. The van der Waals surface area contributed by atoms with E-state index in [1.165, 1.54) is 0 Å². The predicted molar refractivity (Wildman–Crippen MR) is 56.6 cm³/mol. The zero-order valence-electron chi connectivity index (χ0n) is 8.87. The van der Waals surface area contributed by atoms with Crippen LogP contribution in [0.15, 0.2) is 12.4 Å². The number of rotatable bonds is 6. The first-order chi connectivity index (χ1) is 8.06. The van der Waals surface area contributed by atoms with Crippen molar-refractivity contribution in [1.82, 2.24) is 9.97 Å². The number of hydrogen-bond acceptors (Lipinski definition) is 7. The molecule has 94 valence electrons. The number of nitrogens with zero attached hydrogens (tertiary/aromatic N) is 2. The van der Waals surface area contributed by atoms with Crippen LogP contribution in [-0.2, 0) is 0 Å². The Labute approximate surface area is 96.6 Å². The zero-order valence-corrected chi connectivity index (χ0v) is 8.87. The smallest absolute Gasteiger partial charge is 0.356 e. The predicted octanol–water partition coefficient (Wildman–Crippen LogP) is -1.70. The van der Waals surface area contributed by atoms with Crippen molar-refractivity contribution in [3.8, 4) is 0 Å². The van der Waals surface area contributed by atoms with Crippen LogP contribution in [0.5, 0.6) is 0 Å². The molecule has 1 heterocycles. The van der Waals surface area contributed by atoms with Crippen LogP contribution in [0.3, 0.4) is 0 Å². The van der Waals surface area contributed by atoms with Crippen molar-refractivity contribution in [2.45, 2.75) is 5.54 Å². The number of aliphatic hydroxyl groups excluding tert-OH is 3. The molecule has 1 aromatic heterocycles. The lowest BCUT2D eigenvalue weighted by atomic mass is 10.0. The Bertz CT molecular complexity index is 368. The van der Waals surface area contributed by atoms with Crippen LogP contribution in [0.2, 0.25) is 0 Å². The molecule has 0 unspecified atom stereocenters. The van der Waals surface area contributed by atoms with Crippen molar-refractivity contribution in [1.29, 1.82) is 0 Å². The van der Waals surface area contributed by atoms with E-state index in [4.69, 9.17) is 20.4 Å². The third-order valence-electron chi connectivity index (χ3n) is 2.17. The second-order valence-electron chi connectivity index (χ2n) is 3.47. The standard InChI is InChI=1S/C9H13N3O5/c13-3-9(4-14,5-15)12-7-2-10-6(1-11-7)8(16)17/h1-2,13-15H,3-5H2,(H,11,12)(H,16,17). The van der Waals surface area contributed by atoms with E-state index in [0.29, 0.717) is 0 Å². The summed E-state index contributed by atoms with van der Waals surface area (Å²) in [6.45, 7) is -1.53. The summed E-state index contributed by atoms with van der Waals surface area (Å²) < 4.78 is 0. The van der Waals surface area contributed by atoms with E-state index < -0.39 is 31.3 Å². The van der Waals surface area contributed by atoms with Crippen LogP contribution in [0.25, 0.3) is 0 Å². The van der Waals surface area contributed by atoms with E-state index in [0.717, 1.165) is 12.4 Å². The summed E-state index contributed by atoms with van der Waals surface area (Å²) in [5.41, 5.74) is -1.54. The summed E-state index contributed by atoms with van der Waals surface area (Å²) in [6, 6.07) is 0. The molecule has 17 heavy (non-hydrogen) atoms. The van der Waals surface area contributed by atoms with Gasteiger partial charge in [-0.25, -0.2) is 14.8 Å². The van der Waals surface area contributed by atoms with Crippen molar-refractivity contribution in [3.63, 3.8) is 0 Å². The highest BCUT2D eigenvalue weighted by atomic mass is 16.4. The van der Waals surface area contributed by atoms with E-state index in [-0.39, 0.29) is 11.5 Å². The summed E-state index contributed by atoms with van der Waals surface area (Å²) >= 11 is 0. The fourth-order valence-electron chi connectivity index (χ4n) is 1.04. The van der Waals surface area contributed by atoms with Gasteiger partial charge < -0.3 is 25.7 Å². The first-order valence-electron chi connectivity index (χ1n) is 4.73. The Morgan fingerprint density at radius 1 is 1.18 bits per heavy atom. The fraction of sp³-hybridized carbons (Fsp3) is 0.444. The number of aromatic carboxylic acids is 1. The highest BCUT2D eigenvalue weighted by Crippen LogP contribution is 2.11. The van der Waals surface area contributed by atoms with E-state index in [1.807, 2.05) is 0 Å². The van der Waals surface area contributed by atoms with Gasteiger partial charge in [0.2, 0.25) is 0 Å². The second kappa shape index (κ2) is 5.53. The molecule has 0 aliphatic carbocycles. The molecule has 0 aliphatic rings. The van der Waals surface area contributed by atoms with E-state index in [2.05, 4.69) is 15.3 Å². The van der Waals surface area contributed by atoms with Crippen molar-refractivity contribution in [3.05, 3.63) is 18.1 Å². The Morgan fingerprint density at radius 2 is 1.76 bits per heavy atom. The minimum Gasteiger partial charge on any atom is -0.476 e. The molecular weight excluding hydrogens is 230 g/mol. The van der Waals surface area contributed by atoms with Gasteiger partial charge in [0, 0.05) is 0 Å². The molecule has 0 amide bonds. The minimum absolute atomic E-state index is 0.146. The normalized spacial score (nSPS) is 11.2. The third-order valence-corrected chi connectivity index (χ3v) is 2.17. The number of aliphatic hydroxyl groups is 3. The molecule has 0 aliphatic heterocycles. The second-order valence-corrected chi connectivity index (χ2v) is 3.47. The molecule has 0 saturated heterocycles. The minimum atomic E-state index is -1.32. The van der Waals surface area contributed by atoms with Crippen LogP contribution in [0.1, 0.15) is 10.5 Å². The molecule has 1 aromatic rings. The third kappa shape index (κ3) is 3.09. The summed E-state index contributed by atoms with van der Waals surface area (Å²) in [6.07, 6.45) is 2.17. The molecule has 0 aromatic carbocycles. The maximum atomic E-state index is 10.5. The van der Waals surface area contributed by atoms with Crippen molar-refractivity contribution in [2.75, 3.05) is 25.1 Å². The van der Waals surface area contributed by atoms with Crippen LogP contribution < -0.4 is 5.32 Å². The highest BCUT2D eigenvalue weighted by Gasteiger charge is 2.28. The molecule has 0 saturated carbocycles. The summed E-state index contributed by atoms with van der Waals surface area (Å²) in [7, 11) is 0. The molecule has 0 fully saturated rings. The van der Waals surface area contributed by atoms with Gasteiger partial charge in [-0.05, 0) is 0 Å². The van der Waals surface area contributed by atoms with Gasteiger partial charge in [0.15, 0.2) is 5.69 Å². The quantitative estimate of drug-likeness (QED) is 0.399. The van der Waals surface area contributed by atoms with Gasteiger partial charge in [0.25, 0.3) is 0 Å². The number of nitrogens with one attached hydrogen (secondary N) is 1. The van der Waals surface area contributed by atoms with Crippen LogP contribution in [-0.4, -0.2) is 61.7 Å². The number of anilines is 1. The van der Waals surface area contributed by atoms with Gasteiger partial charge in [-0.1, -0.05) is 0 Å². The molecule has 8 nitrogen and oxygen atoms in total. The molecule has 0 spiro atoms. The van der Waals surface area contributed by atoms with E-state index in [9.17, 15) is 4.79 Å². The molecule has 0 bridgehead atoms. The number of carbonyl (C=O) groups is 1. The van der Waals surface area contributed by atoms with E-state index >= 15 is 0 Å². The Morgan fingerprint density at radius 3 is 2.12 bits per heavy atom. The summed E-state index contributed by atoms with van der Waals surface area (Å²) in [5, 5.41) is 38.4. The van der Waals surface area contributed by atoms with Crippen molar-refractivity contribution < 1.29 is 25.2 Å². The number of aromatic nitrogens is 2. The monoisotopic (exact) mass is 243 g/mol. The topological polar surface area (TPSA) is 136 Å². The van der Waals surface area contributed by atoms with Crippen molar-refractivity contribution >= 4 is 11.8 Å². The van der Waals surface area contributed by atoms with Gasteiger partial charge in [-0.15, -0.1) is 0 Å². The SMILES string of the molecule is O=C(O)c1cnc(NC(CO)(CO)CO)cn1. The lowest BCUT2D eigenvalue weighted by Gasteiger charge is -2.28. The number of hydrogen-bond donors (Lipinski definition) is 5. The molecule has 5 N–H and O–H groups in total. The number of carboxylic acid groups (broad SMARTS) is 1. The number of carboxylic acids is 1. The average Bonchev–Trinajstić information content (AvgIpc) is 2.37. The highest BCUT2D eigenvalue weighted by molar-refractivity contribution is 5.84. The largest absolute Gasteiger partial charge is 0.476 e. The molecule has 8 heteroatoms. The molecule has 0 atom stereocenters. The zero-order chi connectivity index (χ0) is 12.9. The van der Waals surface area contributed by atoms with Gasteiger partial charge in [0.1, 0.15) is 11.4 Å². The van der Waals surface area contributed by atoms with Crippen LogP contribution in [0, 0.1) is 0 Å². The lowest BCUT2D eigenvalue weighted by molar-refractivity contribution is 0.0689. The Hall–Kier alpha value is -1.77. The van der Waals surface area contributed by atoms with Crippen LogP contribution in [0.4, 0.5) is 5.82 Å². The first-order valence-corrected chi connectivity index (χ1v) is 4.73. The summed E-state index contributed by atoms with van der Waals surface area (Å²) in [5.74, 6) is -1.06. The maximum Gasteiger partial charge on any atom is 0.356 e. The van der Waals surface area contributed by atoms with Crippen molar-refractivity contribution in [2.24, 2.45) is 0 Å². The lowest BCUT2D eigenvalue weighted by Crippen LogP contribution is -2.49. The average molecular weight is 243 g/mol. The van der Waals surface area contributed by atoms with Gasteiger partial charge >= 0.3 is 5.97 Å². The van der Waals surface area contributed by atoms with E-state index in [1.54, 1.807) is 0 Å². The van der Waals surface area contributed by atoms with Gasteiger partial charge in [-0.3, -0.25) is 0 Å². The van der Waals surface area contributed by atoms with Crippen LogP contribution >= 0.6 is 0 Å². The fourth-order valence-corrected chi connectivity index (χ4v) is 1.04.